The number of nitrogens with zero attached hydrogens (tertiary/aromatic N) is 4. The van der Waals surface area contributed by atoms with Gasteiger partial charge in [-0.1, -0.05) is 42.5 Å². The van der Waals surface area contributed by atoms with Crippen LogP contribution in [0, 0.1) is 12.7 Å². The lowest BCUT2D eigenvalue weighted by Crippen LogP contribution is -2.22. The van der Waals surface area contributed by atoms with Crippen molar-refractivity contribution in [2.75, 3.05) is 11.9 Å². The predicted octanol–water partition coefficient (Wildman–Crippen LogP) is 4.61. The number of thiazole rings is 1. The fraction of sp³-hybridized carbons (Fsp3) is 0.167. The zero-order valence-electron chi connectivity index (χ0n) is 17.7. The van der Waals surface area contributed by atoms with E-state index in [1.807, 2.05) is 49.2 Å². The molecule has 4 aromatic rings. The highest BCUT2D eigenvalue weighted by atomic mass is 32.1. The summed E-state index contributed by atoms with van der Waals surface area (Å²) in [5.74, 6) is 0.239. The molecule has 2 aromatic carbocycles. The van der Waals surface area contributed by atoms with Gasteiger partial charge >= 0.3 is 0 Å². The molecule has 0 saturated carbocycles. The Morgan fingerprint density at radius 1 is 1.03 bits per heavy atom. The number of carbonyl (C=O) groups excluding carboxylic acids is 1. The zero-order chi connectivity index (χ0) is 22.5. The number of aromatic nitrogens is 3. The van der Waals surface area contributed by atoms with Gasteiger partial charge in [-0.15, -0.1) is 11.3 Å². The summed E-state index contributed by atoms with van der Waals surface area (Å²) in [4.78, 5) is 28.7. The lowest BCUT2D eigenvalue weighted by molar-refractivity contribution is 0.0954. The normalized spacial score (nSPS) is 10.7. The molecule has 32 heavy (non-hydrogen) atoms. The van der Waals surface area contributed by atoms with Gasteiger partial charge in [-0.05, 0) is 30.2 Å². The first-order valence-electron chi connectivity index (χ1n) is 10.1. The average Bonchev–Trinajstić information content (AvgIpc) is 3.21. The van der Waals surface area contributed by atoms with Gasteiger partial charge in [-0.3, -0.25) is 9.78 Å². The van der Waals surface area contributed by atoms with Gasteiger partial charge in [0.2, 0.25) is 0 Å². The lowest BCUT2D eigenvalue weighted by Gasteiger charge is -2.18. The van der Waals surface area contributed by atoms with Gasteiger partial charge < -0.3 is 10.2 Å². The summed E-state index contributed by atoms with van der Waals surface area (Å²) in [5, 5.41) is 3.58. The topological polar surface area (TPSA) is 71.0 Å². The molecule has 2 heterocycles. The maximum Gasteiger partial charge on any atom is 0.263 e. The lowest BCUT2D eigenvalue weighted by atomic mass is 10.2. The third-order valence-electron chi connectivity index (χ3n) is 4.86. The molecule has 4 rings (SSSR count). The molecule has 6 nitrogen and oxygen atoms in total. The zero-order valence-corrected chi connectivity index (χ0v) is 18.6. The van der Waals surface area contributed by atoms with E-state index in [-0.39, 0.29) is 11.7 Å². The Hall–Kier alpha value is -3.65. The number of benzene rings is 2. The molecule has 0 saturated heterocycles. The number of hydrogen-bond acceptors (Lipinski definition) is 6. The molecular weight excluding hydrogens is 425 g/mol. The Bertz CT molecular complexity index is 1210. The Kier molecular flexibility index (Phi) is 6.51. The van der Waals surface area contributed by atoms with E-state index in [0.717, 1.165) is 11.1 Å². The molecule has 0 bridgehead atoms. The third kappa shape index (κ3) is 5.15. The second kappa shape index (κ2) is 9.65. The van der Waals surface area contributed by atoms with Gasteiger partial charge in [0.05, 0.1) is 18.1 Å². The van der Waals surface area contributed by atoms with Gasteiger partial charge in [-0.25, -0.2) is 14.4 Å². The van der Waals surface area contributed by atoms with Gasteiger partial charge in [0.15, 0.2) is 0 Å². The van der Waals surface area contributed by atoms with Crippen molar-refractivity contribution in [1.29, 1.82) is 0 Å². The molecule has 0 aliphatic carbocycles. The van der Waals surface area contributed by atoms with Crippen molar-refractivity contribution < 1.29 is 9.18 Å². The summed E-state index contributed by atoms with van der Waals surface area (Å²) >= 11 is 1.30. The number of nitrogens with one attached hydrogen (secondary N) is 1. The van der Waals surface area contributed by atoms with Crippen LogP contribution in [0.3, 0.4) is 0 Å². The Labute approximate surface area is 189 Å². The molecule has 0 radical (unpaired) electrons. The number of amides is 1. The first-order chi connectivity index (χ1) is 15.5. The molecule has 0 aliphatic rings. The average molecular weight is 448 g/mol. The van der Waals surface area contributed by atoms with E-state index < -0.39 is 0 Å². The van der Waals surface area contributed by atoms with E-state index in [1.165, 1.54) is 23.5 Å². The first-order valence-corrected chi connectivity index (χ1v) is 10.9. The van der Waals surface area contributed by atoms with Crippen LogP contribution < -0.4 is 10.2 Å². The SMILES string of the molecule is Cc1nc(-c2cncc(N(C)Cc3ccc(F)cc3)n2)sc1C(=O)NCc1ccccc1. The van der Waals surface area contributed by atoms with Crippen molar-refractivity contribution in [3.63, 3.8) is 0 Å². The molecule has 1 N–H and O–H groups in total. The highest BCUT2D eigenvalue weighted by molar-refractivity contribution is 7.17. The van der Waals surface area contributed by atoms with Crippen LogP contribution in [0.15, 0.2) is 67.0 Å². The van der Waals surface area contributed by atoms with Crippen molar-refractivity contribution in [3.05, 3.63) is 94.5 Å². The van der Waals surface area contributed by atoms with Gasteiger partial charge in [0.25, 0.3) is 5.91 Å². The molecule has 0 unspecified atom stereocenters. The maximum absolute atomic E-state index is 13.1. The number of halogens is 1. The smallest absolute Gasteiger partial charge is 0.263 e. The van der Waals surface area contributed by atoms with Gasteiger partial charge in [0, 0.05) is 20.1 Å². The summed E-state index contributed by atoms with van der Waals surface area (Å²) in [7, 11) is 1.90. The highest BCUT2D eigenvalue weighted by Crippen LogP contribution is 2.27. The molecule has 0 fully saturated rings. The number of carbonyl (C=O) groups is 1. The summed E-state index contributed by atoms with van der Waals surface area (Å²) < 4.78 is 13.1. The molecule has 0 atom stereocenters. The van der Waals surface area contributed by atoms with Crippen LogP contribution >= 0.6 is 11.3 Å². The van der Waals surface area contributed by atoms with E-state index in [2.05, 4.69) is 20.3 Å². The summed E-state index contributed by atoms with van der Waals surface area (Å²) in [6.45, 7) is 2.83. The number of aryl methyl sites for hydroxylation is 1. The van der Waals surface area contributed by atoms with Gasteiger partial charge in [0.1, 0.15) is 27.2 Å². The molecule has 0 spiro atoms. The van der Waals surface area contributed by atoms with Crippen LogP contribution in [0.2, 0.25) is 0 Å². The van der Waals surface area contributed by atoms with Gasteiger partial charge in [-0.2, -0.15) is 0 Å². The van der Waals surface area contributed by atoms with Crippen LogP contribution in [0.25, 0.3) is 10.7 Å². The summed E-state index contributed by atoms with van der Waals surface area (Å²) in [6.07, 6.45) is 3.31. The van der Waals surface area contributed by atoms with Crippen LogP contribution in [0.1, 0.15) is 26.5 Å². The minimum atomic E-state index is -0.263. The molecule has 162 valence electrons. The molecule has 8 heteroatoms. The molecule has 2 aromatic heterocycles. The Morgan fingerprint density at radius 3 is 2.53 bits per heavy atom. The van der Waals surface area contributed by atoms with Crippen LogP contribution in [-0.2, 0) is 13.1 Å². The fourth-order valence-electron chi connectivity index (χ4n) is 3.16. The minimum Gasteiger partial charge on any atom is -0.354 e. The maximum atomic E-state index is 13.1. The quantitative estimate of drug-likeness (QED) is 0.448. The summed E-state index contributed by atoms with van der Waals surface area (Å²) in [6, 6.07) is 16.1. The first kappa shape index (κ1) is 21.6. The van der Waals surface area contributed by atoms with Crippen LogP contribution in [0.4, 0.5) is 10.2 Å². The predicted molar refractivity (Wildman–Crippen MR) is 124 cm³/mol. The highest BCUT2D eigenvalue weighted by Gasteiger charge is 2.18. The van der Waals surface area contributed by atoms with Crippen LogP contribution in [0.5, 0.6) is 0 Å². The van der Waals surface area contributed by atoms with Crippen molar-refractivity contribution in [1.82, 2.24) is 20.3 Å². The Balaban J connectivity index is 1.48. The van der Waals surface area contributed by atoms with E-state index in [4.69, 9.17) is 0 Å². The minimum absolute atomic E-state index is 0.160. The molecule has 0 aliphatic heterocycles. The van der Waals surface area contributed by atoms with Crippen molar-refractivity contribution >= 4 is 23.1 Å². The monoisotopic (exact) mass is 447 g/mol. The van der Waals surface area contributed by atoms with E-state index >= 15 is 0 Å². The second-order valence-corrected chi connectivity index (χ2v) is 8.35. The third-order valence-corrected chi connectivity index (χ3v) is 6.04. The van der Waals surface area contributed by atoms with Crippen molar-refractivity contribution in [2.24, 2.45) is 0 Å². The molecular formula is C24H22FN5OS. The Morgan fingerprint density at radius 2 is 1.78 bits per heavy atom. The number of anilines is 1. The van der Waals surface area contributed by atoms with E-state index in [1.54, 1.807) is 24.5 Å². The molecule has 1 amide bonds. The standard InChI is InChI=1S/C24H22FN5OS/c1-16-22(23(31)27-12-17-6-4-3-5-7-17)32-24(28-16)20-13-26-14-21(29-20)30(2)15-18-8-10-19(25)11-9-18/h3-11,13-14H,12,15H2,1-2H3,(H,27,31). The fourth-order valence-corrected chi connectivity index (χ4v) is 4.10. The largest absolute Gasteiger partial charge is 0.354 e. The van der Waals surface area contributed by atoms with Crippen molar-refractivity contribution in [3.8, 4) is 10.7 Å². The van der Waals surface area contributed by atoms with E-state index in [9.17, 15) is 9.18 Å². The van der Waals surface area contributed by atoms with Crippen molar-refractivity contribution in [2.45, 2.75) is 20.0 Å². The number of rotatable bonds is 7. The number of hydrogen-bond donors (Lipinski definition) is 1. The van der Waals surface area contributed by atoms with E-state index in [0.29, 0.717) is 40.2 Å². The second-order valence-electron chi connectivity index (χ2n) is 7.35. The summed E-state index contributed by atoms with van der Waals surface area (Å²) in [5.41, 5.74) is 3.25. The van der Waals surface area contributed by atoms with Crippen LogP contribution in [-0.4, -0.2) is 27.9 Å².